The molecule has 0 saturated heterocycles. The molecule has 3 rings (SSSR count). The molecule has 0 aliphatic heterocycles. The zero-order chi connectivity index (χ0) is 21.2. The Morgan fingerprint density at radius 1 is 1.17 bits per heavy atom. The third-order valence-corrected chi connectivity index (χ3v) is 6.36. The van der Waals surface area contributed by atoms with Gasteiger partial charge in [0.15, 0.2) is 6.10 Å². The lowest BCUT2D eigenvalue weighted by Crippen LogP contribution is -2.23. The average Bonchev–Trinajstić information content (AvgIpc) is 2.69. The summed E-state index contributed by atoms with van der Waals surface area (Å²) in [4.78, 5) is 10.6. The van der Waals surface area contributed by atoms with E-state index in [0.29, 0.717) is 5.57 Å². The van der Waals surface area contributed by atoms with Gasteiger partial charge in [0, 0.05) is 12.0 Å². The van der Waals surface area contributed by atoms with Crippen LogP contribution in [-0.4, -0.2) is 31.8 Å². The number of sulfone groups is 1. The van der Waals surface area contributed by atoms with Gasteiger partial charge in [0.05, 0.1) is 9.80 Å². The van der Waals surface area contributed by atoms with E-state index in [1.54, 1.807) is 18.2 Å². The van der Waals surface area contributed by atoms with E-state index < -0.39 is 33.9 Å². The van der Waals surface area contributed by atoms with Crippen LogP contribution >= 0.6 is 0 Å². The van der Waals surface area contributed by atoms with Crippen molar-refractivity contribution in [2.45, 2.75) is 30.5 Å². The summed E-state index contributed by atoms with van der Waals surface area (Å²) in [5.74, 6) is -1.75. The van der Waals surface area contributed by atoms with Gasteiger partial charge in [-0.3, -0.25) is 0 Å². The topological polar surface area (TPSA) is 80.7 Å². The fourth-order valence-electron chi connectivity index (χ4n) is 2.94. The first kappa shape index (κ1) is 20.7. The van der Waals surface area contributed by atoms with Crippen LogP contribution in [0.2, 0.25) is 0 Å². The van der Waals surface area contributed by atoms with E-state index in [4.69, 9.17) is 9.84 Å². The quantitative estimate of drug-likeness (QED) is 0.759. The second-order valence-corrected chi connectivity index (χ2v) is 8.44. The van der Waals surface area contributed by atoms with Crippen LogP contribution in [-0.2, 0) is 14.6 Å². The first-order valence-electron chi connectivity index (χ1n) is 8.74. The summed E-state index contributed by atoms with van der Waals surface area (Å²) in [6, 6.07) is 11.0. The molecular formula is C21H18F2O5S. The maximum atomic E-state index is 14.9. The van der Waals surface area contributed by atoms with E-state index in [0.717, 1.165) is 18.2 Å². The molecule has 2 aromatic carbocycles. The largest absolute Gasteiger partial charge is 0.479 e. The number of alkyl halides is 1. The van der Waals surface area contributed by atoms with Crippen molar-refractivity contribution >= 4 is 21.4 Å². The van der Waals surface area contributed by atoms with Crippen molar-refractivity contribution in [3.63, 3.8) is 0 Å². The molecule has 0 bridgehead atoms. The van der Waals surface area contributed by atoms with Crippen LogP contribution in [0.1, 0.15) is 18.9 Å². The van der Waals surface area contributed by atoms with Crippen molar-refractivity contribution in [2.75, 3.05) is 0 Å². The molecule has 1 aliphatic rings. The fourth-order valence-corrected chi connectivity index (χ4v) is 4.39. The number of carboxylic acid groups (broad SMARTS) is 1. The smallest absolute Gasteiger partial charge is 0.344 e. The molecule has 1 aliphatic carbocycles. The van der Waals surface area contributed by atoms with Crippen molar-refractivity contribution in [1.82, 2.24) is 0 Å². The average molecular weight is 420 g/mol. The lowest BCUT2D eigenvalue weighted by atomic mass is 9.95. The zero-order valence-electron chi connectivity index (χ0n) is 15.4. The number of ether oxygens (including phenoxy) is 1. The van der Waals surface area contributed by atoms with Gasteiger partial charge in [-0.25, -0.2) is 22.0 Å². The number of aliphatic carboxylic acids is 1. The number of carboxylic acids is 1. The predicted octanol–water partition coefficient (Wildman–Crippen LogP) is 4.16. The van der Waals surface area contributed by atoms with Crippen molar-refractivity contribution < 1.29 is 31.8 Å². The van der Waals surface area contributed by atoms with Gasteiger partial charge in [-0.1, -0.05) is 24.3 Å². The van der Waals surface area contributed by atoms with Crippen molar-refractivity contribution in [2.24, 2.45) is 0 Å². The number of carbonyl (C=O) groups is 1. The second kappa shape index (κ2) is 8.16. The summed E-state index contributed by atoms with van der Waals surface area (Å²) in [7, 11) is -4.01. The summed E-state index contributed by atoms with van der Waals surface area (Å²) >= 11 is 0. The molecule has 2 atom stereocenters. The highest BCUT2D eigenvalue weighted by atomic mass is 32.2. The van der Waals surface area contributed by atoms with Gasteiger partial charge in [0.2, 0.25) is 9.84 Å². The first-order valence-corrected chi connectivity index (χ1v) is 10.2. The minimum atomic E-state index is -4.01. The summed E-state index contributed by atoms with van der Waals surface area (Å²) < 4.78 is 59.4. The van der Waals surface area contributed by atoms with Crippen molar-refractivity contribution in [1.29, 1.82) is 0 Å². The predicted molar refractivity (Wildman–Crippen MR) is 103 cm³/mol. The van der Waals surface area contributed by atoms with Gasteiger partial charge in [-0.15, -0.1) is 0 Å². The standard InChI is InChI=1S/C21H18F2O5S/c1-13(21(24)25)28-19-9-8-15(22)12-17(19)14-7-10-20(18(23)11-14)29(26,27)16-5-3-2-4-6-16/h2-10,12-13,18H,11H2,1H3,(H,24,25)/t13-,18?/m0/s1. The minimum Gasteiger partial charge on any atom is -0.479 e. The highest BCUT2D eigenvalue weighted by molar-refractivity contribution is 7.95. The van der Waals surface area contributed by atoms with Crippen LogP contribution in [0.4, 0.5) is 8.78 Å². The van der Waals surface area contributed by atoms with Crippen LogP contribution in [0.5, 0.6) is 5.75 Å². The number of hydrogen-bond donors (Lipinski definition) is 1. The third kappa shape index (κ3) is 4.37. The molecule has 2 aromatic rings. The number of hydrogen-bond acceptors (Lipinski definition) is 4. The first-order chi connectivity index (χ1) is 13.7. The van der Waals surface area contributed by atoms with E-state index >= 15 is 0 Å². The van der Waals surface area contributed by atoms with Gasteiger partial charge < -0.3 is 9.84 Å². The number of rotatable bonds is 6. The number of benzene rings is 2. The lowest BCUT2D eigenvalue weighted by molar-refractivity contribution is -0.144. The molecule has 8 heteroatoms. The second-order valence-electron chi connectivity index (χ2n) is 6.49. The Bertz CT molecular complexity index is 1090. The van der Waals surface area contributed by atoms with E-state index in [2.05, 4.69) is 0 Å². The van der Waals surface area contributed by atoms with E-state index in [-0.39, 0.29) is 27.5 Å². The van der Waals surface area contributed by atoms with Gasteiger partial charge in [0.25, 0.3) is 0 Å². The van der Waals surface area contributed by atoms with Crippen LogP contribution in [0.25, 0.3) is 5.57 Å². The molecule has 0 spiro atoms. The molecular weight excluding hydrogens is 402 g/mol. The zero-order valence-corrected chi connectivity index (χ0v) is 16.2. The van der Waals surface area contributed by atoms with Crippen LogP contribution in [0.15, 0.2) is 70.5 Å². The van der Waals surface area contributed by atoms with Gasteiger partial charge in [-0.2, -0.15) is 0 Å². The molecule has 0 amide bonds. The van der Waals surface area contributed by atoms with Crippen molar-refractivity contribution in [3.05, 3.63) is 77.0 Å². The Hall–Kier alpha value is -3.00. The number of allylic oxidation sites excluding steroid dienone is 4. The van der Waals surface area contributed by atoms with Gasteiger partial charge >= 0.3 is 5.97 Å². The van der Waals surface area contributed by atoms with Crippen molar-refractivity contribution in [3.8, 4) is 5.75 Å². The van der Waals surface area contributed by atoms with Gasteiger partial charge in [-0.05, 0) is 48.9 Å². The SMILES string of the molecule is C[C@H](Oc1ccc(F)cc1C1=CC=C(S(=O)(=O)c2ccccc2)C(F)C1)C(=O)O. The maximum Gasteiger partial charge on any atom is 0.344 e. The third-order valence-electron chi connectivity index (χ3n) is 4.46. The fraction of sp³-hybridized carbons (Fsp3) is 0.190. The molecule has 0 saturated carbocycles. The summed E-state index contributed by atoms with van der Waals surface area (Å²) in [6.07, 6.45) is -0.818. The Morgan fingerprint density at radius 2 is 1.86 bits per heavy atom. The minimum absolute atomic E-state index is 0.0178. The summed E-state index contributed by atoms with van der Waals surface area (Å²) in [6.45, 7) is 1.31. The normalized spacial score (nSPS) is 17.8. The Kier molecular flexibility index (Phi) is 5.83. The summed E-state index contributed by atoms with van der Waals surface area (Å²) in [5.41, 5.74) is 0.477. The Morgan fingerprint density at radius 3 is 2.48 bits per heavy atom. The molecule has 1 unspecified atom stereocenters. The highest BCUT2D eigenvalue weighted by Crippen LogP contribution is 2.37. The van der Waals surface area contributed by atoms with Crippen LogP contribution < -0.4 is 4.74 Å². The summed E-state index contributed by atoms with van der Waals surface area (Å²) in [5, 5.41) is 9.02. The van der Waals surface area contributed by atoms with Crippen LogP contribution in [0, 0.1) is 5.82 Å². The van der Waals surface area contributed by atoms with Gasteiger partial charge in [0.1, 0.15) is 17.7 Å². The molecule has 0 radical (unpaired) electrons. The molecule has 0 heterocycles. The Balaban J connectivity index is 2.00. The molecule has 152 valence electrons. The van der Waals surface area contributed by atoms with E-state index in [9.17, 15) is 22.0 Å². The highest BCUT2D eigenvalue weighted by Gasteiger charge is 2.31. The molecule has 29 heavy (non-hydrogen) atoms. The molecule has 0 aromatic heterocycles. The van der Waals surface area contributed by atoms with Crippen LogP contribution in [0.3, 0.4) is 0 Å². The molecule has 1 N–H and O–H groups in total. The Labute approximate surface area is 166 Å². The molecule has 0 fully saturated rings. The van der Waals surface area contributed by atoms with E-state index in [1.807, 2.05) is 0 Å². The molecule has 5 nitrogen and oxygen atoms in total. The maximum absolute atomic E-state index is 14.9. The lowest BCUT2D eigenvalue weighted by Gasteiger charge is -2.22. The van der Waals surface area contributed by atoms with E-state index in [1.165, 1.54) is 31.2 Å². The number of halogens is 2. The monoisotopic (exact) mass is 420 g/mol.